The fraction of sp³-hybridized carbons (Fsp3) is 0.385. The van der Waals surface area contributed by atoms with Crippen molar-refractivity contribution in [1.29, 1.82) is 0 Å². The first-order valence-corrected chi connectivity index (χ1v) is 5.96. The van der Waals surface area contributed by atoms with Crippen molar-refractivity contribution in [3.05, 3.63) is 52.3 Å². The van der Waals surface area contributed by atoms with Crippen molar-refractivity contribution >= 4 is 5.69 Å². The Morgan fingerprint density at radius 3 is 2.89 bits per heavy atom. The molecule has 0 aliphatic rings. The highest BCUT2D eigenvalue weighted by Crippen LogP contribution is 2.15. The molecule has 104 valence electrons. The second-order valence-corrected chi connectivity index (χ2v) is 3.94. The first-order valence-electron chi connectivity index (χ1n) is 5.96. The lowest BCUT2D eigenvalue weighted by Crippen LogP contribution is -2.19. The maximum absolute atomic E-state index is 13.1. The van der Waals surface area contributed by atoms with E-state index in [1.807, 2.05) is 0 Å². The average Bonchev–Trinajstić information content (AvgIpc) is 2.37. The highest BCUT2D eigenvalue weighted by atomic mass is 19.1. The summed E-state index contributed by atoms with van der Waals surface area (Å²) in [4.78, 5) is 9.97. The normalized spacial score (nSPS) is 10.4. The van der Waals surface area contributed by atoms with Gasteiger partial charge in [-0.15, -0.1) is 6.58 Å². The minimum Gasteiger partial charge on any atom is -0.380 e. The van der Waals surface area contributed by atoms with E-state index in [1.165, 1.54) is 12.1 Å². The van der Waals surface area contributed by atoms with Crippen molar-refractivity contribution in [2.45, 2.75) is 13.0 Å². The first-order chi connectivity index (χ1) is 9.13. The van der Waals surface area contributed by atoms with Crippen molar-refractivity contribution < 1.29 is 14.1 Å². The van der Waals surface area contributed by atoms with Gasteiger partial charge in [-0.1, -0.05) is 6.08 Å². The van der Waals surface area contributed by atoms with Crippen LogP contribution in [0.15, 0.2) is 30.9 Å². The number of nitrogens with one attached hydrogen (secondary N) is 1. The van der Waals surface area contributed by atoms with Crippen molar-refractivity contribution in [3.63, 3.8) is 0 Å². The second-order valence-electron chi connectivity index (χ2n) is 3.94. The number of rotatable bonds is 9. The Morgan fingerprint density at radius 2 is 2.21 bits per heavy atom. The number of non-ortho nitro benzene ring substituents is 1. The molecule has 19 heavy (non-hydrogen) atoms. The molecular weight excluding hydrogens is 251 g/mol. The zero-order chi connectivity index (χ0) is 14.1. The van der Waals surface area contributed by atoms with Gasteiger partial charge < -0.3 is 10.1 Å². The maximum Gasteiger partial charge on any atom is 0.272 e. The summed E-state index contributed by atoms with van der Waals surface area (Å²) in [6.07, 6.45) is 2.58. The van der Waals surface area contributed by atoms with Gasteiger partial charge in [0.25, 0.3) is 5.69 Å². The van der Waals surface area contributed by atoms with Gasteiger partial charge in [0.2, 0.25) is 0 Å². The molecule has 1 aromatic carbocycles. The van der Waals surface area contributed by atoms with E-state index >= 15 is 0 Å². The minimum atomic E-state index is -0.606. The topological polar surface area (TPSA) is 64.4 Å². The van der Waals surface area contributed by atoms with Crippen molar-refractivity contribution in [3.8, 4) is 0 Å². The number of benzene rings is 1. The SMILES string of the molecule is C=CCCOCCNCc1cc(F)cc([N+](=O)[O-])c1. The van der Waals surface area contributed by atoms with Gasteiger partial charge in [-0.2, -0.15) is 0 Å². The number of halogens is 1. The molecule has 6 heteroatoms. The Hall–Kier alpha value is -1.79. The van der Waals surface area contributed by atoms with Gasteiger partial charge >= 0.3 is 0 Å². The van der Waals surface area contributed by atoms with Gasteiger partial charge in [0.1, 0.15) is 5.82 Å². The van der Waals surface area contributed by atoms with Gasteiger partial charge in [-0.05, 0) is 18.1 Å². The molecule has 0 aliphatic heterocycles. The van der Waals surface area contributed by atoms with Crippen LogP contribution in [0.25, 0.3) is 0 Å². The molecule has 1 aromatic rings. The molecule has 0 fully saturated rings. The van der Waals surface area contributed by atoms with Crippen LogP contribution in [0, 0.1) is 15.9 Å². The summed E-state index contributed by atoms with van der Waals surface area (Å²) in [6, 6.07) is 3.54. The lowest BCUT2D eigenvalue weighted by Gasteiger charge is -2.06. The number of nitro benzene ring substituents is 1. The lowest BCUT2D eigenvalue weighted by atomic mass is 10.2. The standard InChI is InChI=1S/C13H17FN2O3/c1-2-3-5-19-6-4-15-10-11-7-12(14)9-13(8-11)16(17)18/h2,7-9,15H,1,3-6,10H2. The number of hydrogen-bond donors (Lipinski definition) is 1. The summed E-state index contributed by atoms with van der Waals surface area (Å²) in [5, 5.41) is 13.6. The van der Waals surface area contributed by atoms with E-state index in [1.54, 1.807) is 6.08 Å². The zero-order valence-electron chi connectivity index (χ0n) is 10.6. The Kier molecular flexibility index (Phi) is 6.70. The van der Waals surface area contributed by atoms with Crippen LogP contribution in [0.2, 0.25) is 0 Å². The molecule has 0 heterocycles. The third kappa shape index (κ3) is 6.08. The van der Waals surface area contributed by atoms with Gasteiger partial charge in [0, 0.05) is 19.2 Å². The smallest absolute Gasteiger partial charge is 0.272 e. The molecule has 1 rings (SSSR count). The maximum atomic E-state index is 13.1. The highest BCUT2D eigenvalue weighted by Gasteiger charge is 2.09. The largest absolute Gasteiger partial charge is 0.380 e. The predicted octanol–water partition coefficient (Wildman–Crippen LogP) is 2.42. The molecule has 0 atom stereocenters. The molecule has 0 bridgehead atoms. The Labute approximate surface area is 111 Å². The molecule has 0 aliphatic carbocycles. The van der Waals surface area contributed by atoms with Crippen LogP contribution < -0.4 is 5.32 Å². The summed E-state index contributed by atoms with van der Waals surface area (Å²) in [6.45, 7) is 5.70. The van der Waals surface area contributed by atoms with E-state index in [0.29, 0.717) is 31.9 Å². The van der Waals surface area contributed by atoms with Crippen molar-refractivity contribution in [1.82, 2.24) is 5.32 Å². The predicted molar refractivity (Wildman–Crippen MR) is 70.4 cm³/mol. The van der Waals surface area contributed by atoms with Crippen LogP contribution in [0.4, 0.5) is 10.1 Å². The molecule has 0 saturated carbocycles. The summed E-state index contributed by atoms with van der Waals surface area (Å²) >= 11 is 0. The van der Waals surface area contributed by atoms with Gasteiger partial charge in [0.15, 0.2) is 0 Å². The zero-order valence-corrected chi connectivity index (χ0v) is 10.6. The summed E-state index contributed by atoms with van der Waals surface area (Å²) in [7, 11) is 0. The van der Waals surface area contributed by atoms with Crippen LogP contribution in [0.1, 0.15) is 12.0 Å². The van der Waals surface area contributed by atoms with E-state index in [2.05, 4.69) is 11.9 Å². The molecule has 5 nitrogen and oxygen atoms in total. The fourth-order valence-electron chi connectivity index (χ4n) is 1.49. The van der Waals surface area contributed by atoms with Crippen LogP contribution in [0.3, 0.4) is 0 Å². The van der Waals surface area contributed by atoms with Crippen LogP contribution in [-0.2, 0) is 11.3 Å². The van der Waals surface area contributed by atoms with Gasteiger partial charge in [0.05, 0.1) is 24.2 Å². The number of hydrogen-bond acceptors (Lipinski definition) is 4. The molecule has 0 amide bonds. The molecule has 0 radical (unpaired) electrons. The fourth-order valence-corrected chi connectivity index (χ4v) is 1.49. The monoisotopic (exact) mass is 268 g/mol. The van der Waals surface area contributed by atoms with Crippen LogP contribution >= 0.6 is 0 Å². The summed E-state index contributed by atoms with van der Waals surface area (Å²) < 4.78 is 18.4. The average molecular weight is 268 g/mol. The number of ether oxygens (including phenoxy) is 1. The van der Waals surface area contributed by atoms with Gasteiger partial charge in [-0.3, -0.25) is 10.1 Å². The highest BCUT2D eigenvalue weighted by molar-refractivity contribution is 5.35. The second kappa shape index (κ2) is 8.34. The number of nitro groups is 1. The Morgan fingerprint density at radius 1 is 1.42 bits per heavy atom. The summed E-state index contributed by atoms with van der Waals surface area (Å²) in [5.41, 5.74) is 0.303. The van der Waals surface area contributed by atoms with E-state index < -0.39 is 10.7 Å². The molecule has 0 spiro atoms. The Balaban J connectivity index is 2.33. The van der Waals surface area contributed by atoms with E-state index in [9.17, 15) is 14.5 Å². The Bertz CT molecular complexity index is 438. The van der Waals surface area contributed by atoms with Gasteiger partial charge in [-0.25, -0.2) is 4.39 Å². The lowest BCUT2D eigenvalue weighted by molar-refractivity contribution is -0.385. The van der Waals surface area contributed by atoms with Crippen molar-refractivity contribution in [2.75, 3.05) is 19.8 Å². The molecule has 0 saturated heterocycles. The molecule has 1 N–H and O–H groups in total. The van der Waals surface area contributed by atoms with Crippen molar-refractivity contribution in [2.24, 2.45) is 0 Å². The third-order valence-corrected chi connectivity index (χ3v) is 2.37. The first kappa shape index (κ1) is 15.3. The molecule has 0 unspecified atom stereocenters. The van der Waals surface area contributed by atoms with Crippen LogP contribution in [-0.4, -0.2) is 24.7 Å². The van der Waals surface area contributed by atoms with Crippen LogP contribution in [0.5, 0.6) is 0 Å². The van der Waals surface area contributed by atoms with E-state index in [0.717, 1.165) is 12.5 Å². The van der Waals surface area contributed by atoms with E-state index in [-0.39, 0.29) is 5.69 Å². The summed E-state index contributed by atoms with van der Waals surface area (Å²) in [5.74, 6) is -0.603. The number of nitrogens with zero attached hydrogens (tertiary/aromatic N) is 1. The third-order valence-electron chi connectivity index (χ3n) is 2.37. The quantitative estimate of drug-likeness (QED) is 0.323. The van der Waals surface area contributed by atoms with E-state index in [4.69, 9.17) is 4.74 Å². The molecular formula is C13H17FN2O3. The molecule has 0 aromatic heterocycles. The minimum absolute atomic E-state index is 0.237.